The average Bonchev–Trinajstić information content (AvgIpc) is 0.798. The fourth-order valence-corrected chi connectivity index (χ4v) is 14.0. The summed E-state index contributed by atoms with van der Waals surface area (Å²) < 4.78 is 70.6. The van der Waals surface area contributed by atoms with Gasteiger partial charge in [-0.15, -0.1) is 0 Å². The Kier molecular flexibility index (Phi) is 42.1. The molecular weight excluding hydrogens is 1160 g/mol. The molecule has 10 nitrogen and oxygen atoms in total. The number of rotatable bonds is 57. The summed E-state index contributed by atoms with van der Waals surface area (Å²) in [6, 6.07) is 50.0. The van der Waals surface area contributed by atoms with Crippen molar-refractivity contribution in [3.05, 3.63) is 179 Å². The lowest BCUT2D eigenvalue weighted by molar-refractivity contribution is -0.279. The first kappa shape index (κ1) is 77.0. The predicted octanol–water partition coefficient (Wildman–Crippen LogP) is 21.8. The number of hydrogen-bond donors (Lipinski definition) is 1. The van der Waals surface area contributed by atoms with Gasteiger partial charge in [0, 0.05) is 13.2 Å². The Labute approximate surface area is 558 Å². The van der Waals surface area contributed by atoms with Crippen molar-refractivity contribution in [2.24, 2.45) is 0 Å². The molecule has 0 amide bonds. The van der Waals surface area contributed by atoms with E-state index in [4.69, 9.17) is 37.7 Å². The van der Waals surface area contributed by atoms with Gasteiger partial charge < -0.3 is 38.1 Å². The van der Waals surface area contributed by atoms with Gasteiger partial charge in [-0.05, 0) is 47.1 Å². The van der Waals surface area contributed by atoms with Crippen LogP contribution in [0.25, 0.3) is 0 Å². The fraction of sp³-hybridized carbons (Fsp3) is 0.630. The van der Waals surface area contributed by atoms with E-state index in [0.717, 1.165) is 53.5 Å². The molecule has 0 bridgehead atoms. The highest BCUT2D eigenvalue weighted by molar-refractivity contribution is 7.52. The fourth-order valence-electron chi connectivity index (χ4n) is 12.7. The maximum absolute atomic E-state index is 15.3. The first-order chi connectivity index (χ1) is 45.4. The monoisotopic (exact) mass is 1290 g/mol. The normalized spacial score (nSPS) is 18.5. The van der Waals surface area contributed by atoms with Crippen LogP contribution in [0.15, 0.2) is 152 Å². The molecular formula is C81H123O10P. The van der Waals surface area contributed by atoms with Crippen LogP contribution < -0.4 is 0 Å². The largest absolute Gasteiger partial charge is 0.379 e. The second-order valence-corrected chi connectivity index (χ2v) is 28.1. The van der Waals surface area contributed by atoms with Crippen LogP contribution in [0.5, 0.6) is 0 Å². The van der Waals surface area contributed by atoms with Gasteiger partial charge in [0.2, 0.25) is 0 Å². The van der Waals surface area contributed by atoms with Gasteiger partial charge in [-0.25, -0.2) is 0 Å². The molecule has 512 valence electrons. The molecule has 2 unspecified atom stereocenters. The van der Waals surface area contributed by atoms with E-state index >= 15 is 4.57 Å². The quantitative estimate of drug-likeness (QED) is 0.0298. The molecule has 8 atom stereocenters. The Morgan fingerprint density at radius 3 is 0.837 bits per heavy atom. The number of benzene rings is 5. The van der Waals surface area contributed by atoms with Crippen LogP contribution in [0.3, 0.4) is 0 Å². The molecule has 11 heteroatoms. The Bertz CT molecular complexity index is 2410. The third-order valence-corrected chi connectivity index (χ3v) is 19.6. The molecule has 0 aromatic heterocycles. The summed E-state index contributed by atoms with van der Waals surface area (Å²) in [5, 5.41) is 0. The molecule has 92 heavy (non-hydrogen) atoms. The van der Waals surface area contributed by atoms with E-state index in [-0.39, 0.29) is 45.6 Å². The molecule has 1 aliphatic carbocycles. The highest BCUT2D eigenvalue weighted by Gasteiger charge is 2.56. The van der Waals surface area contributed by atoms with Crippen LogP contribution in [0.1, 0.15) is 254 Å². The van der Waals surface area contributed by atoms with Gasteiger partial charge in [-0.3, -0.25) is 9.09 Å². The molecule has 0 radical (unpaired) electrons. The van der Waals surface area contributed by atoms with Gasteiger partial charge in [0.25, 0.3) is 0 Å². The highest BCUT2D eigenvalue weighted by Crippen LogP contribution is 2.49. The van der Waals surface area contributed by atoms with E-state index in [9.17, 15) is 4.89 Å². The zero-order valence-electron chi connectivity index (χ0n) is 57.2. The smallest absolute Gasteiger partial charge is 0.328 e. The van der Waals surface area contributed by atoms with Gasteiger partial charge in [0.1, 0.15) is 36.6 Å². The minimum atomic E-state index is -4.47. The first-order valence-corrected chi connectivity index (χ1v) is 38.7. The summed E-state index contributed by atoms with van der Waals surface area (Å²) in [5.74, 6) is 0. The maximum Gasteiger partial charge on any atom is 0.328 e. The molecule has 1 fully saturated rings. The van der Waals surface area contributed by atoms with E-state index in [1.807, 2.05) is 152 Å². The standard InChI is InChI=1S/C81H123O10P/c1-3-5-7-9-11-13-15-17-19-21-23-25-27-29-31-48-61-84-69-75(85-62-49-32-30-28-26-24-22-20-18-16-14-12-10-8-6-4-2)60-63-92(82,83)91-81-79(89-67-73-56-44-36-45-57-73)77(87-65-71-52-40-34-41-53-71)76(86-64-70-50-38-33-39-51-70)78(88-66-72-54-42-35-43-55-72)80(81)90-68-74-58-46-37-47-59-74/h33-47,50-59,75-81H,3-32,48-49,60-69H2,1-2H3,(H,82,83)/t75?,76-,77-,78+,79-,80-,81-/m0/s1. The summed E-state index contributed by atoms with van der Waals surface area (Å²) in [7, 11) is -4.47. The predicted molar refractivity (Wildman–Crippen MR) is 379 cm³/mol. The number of unbranched alkanes of at least 4 members (excludes halogenated alkanes) is 30. The first-order valence-electron chi connectivity index (χ1n) is 36.9. The third kappa shape index (κ3) is 34.1. The van der Waals surface area contributed by atoms with E-state index in [0.29, 0.717) is 19.8 Å². The zero-order valence-corrected chi connectivity index (χ0v) is 58.1. The second kappa shape index (κ2) is 50.4. The summed E-state index contributed by atoms with van der Waals surface area (Å²) >= 11 is 0. The molecule has 0 spiro atoms. The van der Waals surface area contributed by atoms with Crippen LogP contribution in [0, 0.1) is 0 Å². The van der Waals surface area contributed by atoms with Crippen molar-refractivity contribution in [2.75, 3.05) is 26.0 Å². The molecule has 0 saturated heterocycles. The lowest BCUT2D eigenvalue weighted by Gasteiger charge is -2.50. The molecule has 1 saturated carbocycles. The van der Waals surface area contributed by atoms with Gasteiger partial charge >= 0.3 is 7.60 Å². The lowest BCUT2D eigenvalue weighted by atomic mass is 9.83. The van der Waals surface area contributed by atoms with Crippen LogP contribution in [-0.2, 0) is 75.3 Å². The Morgan fingerprint density at radius 2 is 0.565 bits per heavy atom. The Morgan fingerprint density at radius 1 is 0.326 bits per heavy atom. The van der Waals surface area contributed by atoms with Gasteiger partial charge in [0.05, 0.1) is 51.9 Å². The van der Waals surface area contributed by atoms with Crippen molar-refractivity contribution < 1.29 is 47.1 Å². The maximum atomic E-state index is 15.3. The second-order valence-electron chi connectivity index (χ2n) is 26.2. The van der Waals surface area contributed by atoms with Crippen LogP contribution >= 0.6 is 7.60 Å². The SMILES string of the molecule is CCCCCCCCCCCCCCCCCCOCC(CCP(=O)(O)O[C@@H]1[C@@H](OCc2ccccc2)[C@H](OCc2ccccc2)[C@@H](OCc2ccccc2)[C@H](OCc2ccccc2)[C@@H]1OCc1ccccc1)OCCCCCCCCCCCCCCCCCC. The molecule has 5 aromatic carbocycles. The van der Waals surface area contributed by atoms with Crippen molar-refractivity contribution in [1.82, 2.24) is 0 Å². The minimum Gasteiger partial charge on any atom is -0.379 e. The van der Waals surface area contributed by atoms with E-state index < -0.39 is 50.3 Å². The van der Waals surface area contributed by atoms with Crippen molar-refractivity contribution in [3.8, 4) is 0 Å². The van der Waals surface area contributed by atoms with Crippen molar-refractivity contribution >= 4 is 7.60 Å². The summed E-state index contributed by atoms with van der Waals surface area (Å²) in [5.41, 5.74) is 4.73. The molecule has 0 aliphatic heterocycles. The zero-order chi connectivity index (χ0) is 64.5. The summed E-state index contributed by atoms with van der Waals surface area (Å²) in [6.45, 7) is 7.14. The summed E-state index contributed by atoms with van der Waals surface area (Å²) in [6.07, 6.45) is 36.0. The van der Waals surface area contributed by atoms with E-state index in [1.165, 1.54) is 180 Å². The molecule has 1 aliphatic rings. The number of hydrogen-bond acceptors (Lipinski definition) is 9. The van der Waals surface area contributed by atoms with Crippen LogP contribution in [0.4, 0.5) is 0 Å². The molecule has 1 N–H and O–H groups in total. The Hall–Kier alpha value is -4.03. The lowest BCUT2D eigenvalue weighted by Crippen LogP contribution is -2.67. The molecule has 6 rings (SSSR count). The molecule has 5 aromatic rings. The summed E-state index contributed by atoms with van der Waals surface area (Å²) in [4.78, 5) is 12.5. The topological polar surface area (TPSA) is 111 Å². The van der Waals surface area contributed by atoms with Crippen molar-refractivity contribution in [2.45, 2.75) is 301 Å². The van der Waals surface area contributed by atoms with Gasteiger partial charge in [-0.2, -0.15) is 0 Å². The average molecular weight is 1290 g/mol. The van der Waals surface area contributed by atoms with Gasteiger partial charge in [0.15, 0.2) is 0 Å². The van der Waals surface area contributed by atoms with Crippen LogP contribution in [-0.4, -0.2) is 73.6 Å². The highest BCUT2D eigenvalue weighted by atomic mass is 31.2. The minimum absolute atomic E-state index is 0.161. The van der Waals surface area contributed by atoms with Crippen LogP contribution in [0.2, 0.25) is 0 Å². The van der Waals surface area contributed by atoms with E-state index in [1.54, 1.807) is 0 Å². The molecule has 0 heterocycles. The van der Waals surface area contributed by atoms with Crippen molar-refractivity contribution in [1.29, 1.82) is 0 Å². The van der Waals surface area contributed by atoms with Crippen molar-refractivity contribution in [3.63, 3.8) is 0 Å². The van der Waals surface area contributed by atoms with Gasteiger partial charge in [-0.1, -0.05) is 358 Å². The third-order valence-electron chi connectivity index (χ3n) is 18.2. The Balaban J connectivity index is 1.14. The van der Waals surface area contributed by atoms with E-state index in [2.05, 4.69) is 13.8 Å². The number of ether oxygens (including phenoxy) is 7.